The van der Waals surface area contributed by atoms with Crippen LogP contribution < -0.4 is 0 Å². The average Bonchev–Trinajstić information content (AvgIpc) is 3.32. The molecule has 0 heterocycles. The van der Waals surface area contributed by atoms with E-state index in [1.807, 2.05) is 0 Å². The lowest BCUT2D eigenvalue weighted by Gasteiger charge is -2.18. The first kappa shape index (κ1) is 66.4. The number of rotatable bonds is 57. The highest BCUT2D eigenvalue weighted by atomic mass is 16.6. The molecule has 0 saturated heterocycles. The smallest absolute Gasteiger partial charge is 0.306 e. The average molecular weight is 962 g/mol. The van der Waals surface area contributed by atoms with Crippen LogP contribution in [0.25, 0.3) is 0 Å². The molecule has 0 unspecified atom stereocenters. The van der Waals surface area contributed by atoms with Crippen molar-refractivity contribution in [1.29, 1.82) is 0 Å². The molecule has 0 aliphatic carbocycles. The van der Waals surface area contributed by atoms with Crippen molar-refractivity contribution >= 4 is 17.9 Å². The Morgan fingerprint density at radius 3 is 0.721 bits per heavy atom. The Morgan fingerprint density at radius 1 is 0.279 bits per heavy atom. The minimum Gasteiger partial charge on any atom is -0.462 e. The van der Waals surface area contributed by atoms with Crippen LogP contribution in [0.1, 0.15) is 355 Å². The summed E-state index contributed by atoms with van der Waals surface area (Å²) in [6, 6.07) is 0. The van der Waals surface area contributed by atoms with Crippen LogP contribution in [0.3, 0.4) is 0 Å². The van der Waals surface area contributed by atoms with Gasteiger partial charge in [0.2, 0.25) is 0 Å². The van der Waals surface area contributed by atoms with Gasteiger partial charge in [0.15, 0.2) is 6.10 Å². The largest absolute Gasteiger partial charge is 0.462 e. The zero-order chi connectivity index (χ0) is 49.5. The fraction of sp³-hybridized carbons (Fsp3) is 0.952. The lowest BCUT2D eigenvalue weighted by atomic mass is 10.0. The molecule has 0 radical (unpaired) electrons. The Balaban J connectivity index is 4.28. The van der Waals surface area contributed by atoms with Crippen molar-refractivity contribution in [3.63, 3.8) is 0 Å². The third-order valence-electron chi connectivity index (χ3n) is 14.3. The third-order valence-corrected chi connectivity index (χ3v) is 14.3. The van der Waals surface area contributed by atoms with Crippen molar-refractivity contribution in [2.24, 2.45) is 5.92 Å². The molecule has 0 bridgehead atoms. The van der Waals surface area contributed by atoms with Crippen molar-refractivity contribution in [1.82, 2.24) is 0 Å². The summed E-state index contributed by atoms with van der Waals surface area (Å²) in [7, 11) is 0. The summed E-state index contributed by atoms with van der Waals surface area (Å²) in [5, 5.41) is 0. The molecular formula is C62H120O6. The molecule has 0 rings (SSSR count). The zero-order valence-electron chi connectivity index (χ0n) is 46.6. The predicted molar refractivity (Wildman–Crippen MR) is 293 cm³/mol. The first-order valence-electron chi connectivity index (χ1n) is 30.9. The normalized spacial score (nSPS) is 12.0. The molecule has 0 spiro atoms. The van der Waals surface area contributed by atoms with Gasteiger partial charge in [-0.3, -0.25) is 14.4 Å². The predicted octanol–water partition coefficient (Wildman–Crippen LogP) is 20.6. The highest BCUT2D eigenvalue weighted by molar-refractivity contribution is 5.71. The van der Waals surface area contributed by atoms with Gasteiger partial charge in [0.1, 0.15) is 13.2 Å². The first-order valence-corrected chi connectivity index (χ1v) is 30.9. The van der Waals surface area contributed by atoms with Crippen molar-refractivity contribution < 1.29 is 28.6 Å². The number of hydrogen-bond acceptors (Lipinski definition) is 6. The van der Waals surface area contributed by atoms with Gasteiger partial charge in [-0.2, -0.15) is 0 Å². The Morgan fingerprint density at radius 2 is 0.485 bits per heavy atom. The molecule has 404 valence electrons. The Kier molecular flexibility index (Phi) is 55.0. The molecule has 0 amide bonds. The van der Waals surface area contributed by atoms with Crippen LogP contribution in [0.2, 0.25) is 0 Å². The van der Waals surface area contributed by atoms with Crippen LogP contribution in [0, 0.1) is 5.92 Å². The van der Waals surface area contributed by atoms with Gasteiger partial charge >= 0.3 is 17.9 Å². The van der Waals surface area contributed by atoms with E-state index in [9.17, 15) is 14.4 Å². The maximum atomic E-state index is 12.9. The number of carbonyl (C=O) groups excluding carboxylic acids is 3. The number of carbonyl (C=O) groups is 3. The third kappa shape index (κ3) is 55.3. The fourth-order valence-corrected chi connectivity index (χ4v) is 9.63. The van der Waals surface area contributed by atoms with E-state index < -0.39 is 6.10 Å². The van der Waals surface area contributed by atoms with Crippen LogP contribution in [0.15, 0.2) is 0 Å². The Bertz CT molecular complexity index is 1030. The molecule has 0 aliphatic heterocycles. The summed E-state index contributed by atoms with van der Waals surface area (Å²) >= 11 is 0. The van der Waals surface area contributed by atoms with E-state index in [1.54, 1.807) is 0 Å². The molecule has 0 aromatic rings. The minimum atomic E-state index is -0.763. The maximum absolute atomic E-state index is 12.9. The SMILES string of the molecule is CCCCCCCCCCCCCCCCCCCCCC(=O)O[C@@H](COC(=O)CCCCCCCCCCCCCCCCCCC)COC(=O)CCCCCCCCCCCCCC(C)C. The van der Waals surface area contributed by atoms with E-state index in [1.165, 1.54) is 250 Å². The highest BCUT2D eigenvalue weighted by Crippen LogP contribution is 2.18. The first-order chi connectivity index (χ1) is 33.4. The van der Waals surface area contributed by atoms with Crippen LogP contribution in [0.5, 0.6) is 0 Å². The summed E-state index contributed by atoms with van der Waals surface area (Å²) in [6.45, 7) is 9.07. The van der Waals surface area contributed by atoms with Crippen molar-refractivity contribution in [3.8, 4) is 0 Å². The lowest BCUT2D eigenvalue weighted by Crippen LogP contribution is -2.30. The van der Waals surface area contributed by atoms with Crippen molar-refractivity contribution in [2.45, 2.75) is 361 Å². The second-order valence-electron chi connectivity index (χ2n) is 21.8. The standard InChI is InChI=1S/C62H120O6/c1-5-7-9-11-13-15-17-19-21-23-24-26-28-30-34-39-43-47-51-55-62(65)68-59(57-67-61(64)54-50-46-42-38-35-31-32-36-40-44-48-52-58(3)4)56-66-60(63)53-49-45-41-37-33-29-27-25-22-20-18-16-14-12-10-8-6-2/h58-59H,5-57H2,1-4H3/t59-/m0/s1. The zero-order valence-corrected chi connectivity index (χ0v) is 46.6. The van der Waals surface area contributed by atoms with Crippen LogP contribution in [0.4, 0.5) is 0 Å². The molecule has 6 heteroatoms. The summed E-state index contributed by atoms with van der Waals surface area (Å²) in [5.41, 5.74) is 0. The van der Waals surface area contributed by atoms with Gasteiger partial charge in [0.25, 0.3) is 0 Å². The minimum absolute atomic E-state index is 0.0616. The van der Waals surface area contributed by atoms with E-state index in [-0.39, 0.29) is 31.1 Å². The molecule has 1 atom stereocenters. The van der Waals surface area contributed by atoms with Gasteiger partial charge in [-0.05, 0) is 25.2 Å². The van der Waals surface area contributed by atoms with Crippen LogP contribution >= 0.6 is 0 Å². The second-order valence-corrected chi connectivity index (χ2v) is 21.8. The van der Waals surface area contributed by atoms with Gasteiger partial charge < -0.3 is 14.2 Å². The molecular weight excluding hydrogens is 841 g/mol. The number of unbranched alkanes of at least 4 members (excludes halogenated alkanes) is 44. The number of ether oxygens (including phenoxy) is 3. The molecule has 68 heavy (non-hydrogen) atoms. The van der Waals surface area contributed by atoms with E-state index in [4.69, 9.17) is 14.2 Å². The lowest BCUT2D eigenvalue weighted by molar-refractivity contribution is -0.167. The molecule has 0 aromatic carbocycles. The van der Waals surface area contributed by atoms with E-state index in [2.05, 4.69) is 27.7 Å². The molecule has 0 aromatic heterocycles. The van der Waals surface area contributed by atoms with Crippen LogP contribution in [-0.2, 0) is 28.6 Å². The summed E-state index contributed by atoms with van der Waals surface area (Å²) in [5.74, 6) is -0.00441. The van der Waals surface area contributed by atoms with E-state index in [0.29, 0.717) is 19.3 Å². The van der Waals surface area contributed by atoms with Crippen molar-refractivity contribution in [3.05, 3.63) is 0 Å². The maximum Gasteiger partial charge on any atom is 0.306 e. The molecule has 0 N–H and O–H groups in total. The number of esters is 3. The van der Waals surface area contributed by atoms with Gasteiger partial charge in [-0.1, -0.05) is 317 Å². The number of hydrogen-bond donors (Lipinski definition) is 0. The molecule has 0 fully saturated rings. The Hall–Kier alpha value is -1.59. The van der Waals surface area contributed by atoms with E-state index in [0.717, 1.165) is 63.7 Å². The fourth-order valence-electron chi connectivity index (χ4n) is 9.63. The van der Waals surface area contributed by atoms with Crippen LogP contribution in [-0.4, -0.2) is 37.2 Å². The van der Waals surface area contributed by atoms with E-state index >= 15 is 0 Å². The second kappa shape index (κ2) is 56.3. The van der Waals surface area contributed by atoms with Gasteiger partial charge in [-0.15, -0.1) is 0 Å². The monoisotopic (exact) mass is 961 g/mol. The topological polar surface area (TPSA) is 78.9 Å². The quantitative estimate of drug-likeness (QED) is 0.0343. The molecule has 0 aliphatic rings. The van der Waals surface area contributed by atoms with Gasteiger partial charge in [0, 0.05) is 19.3 Å². The summed E-state index contributed by atoms with van der Waals surface area (Å²) in [6.07, 6.45) is 62.4. The van der Waals surface area contributed by atoms with Crippen molar-refractivity contribution in [2.75, 3.05) is 13.2 Å². The summed E-state index contributed by atoms with van der Waals surface area (Å²) < 4.78 is 16.9. The highest BCUT2D eigenvalue weighted by Gasteiger charge is 2.19. The molecule has 6 nitrogen and oxygen atoms in total. The van der Waals surface area contributed by atoms with Gasteiger partial charge in [0.05, 0.1) is 0 Å². The Labute approximate surface area is 425 Å². The summed E-state index contributed by atoms with van der Waals surface area (Å²) in [4.78, 5) is 38.2. The van der Waals surface area contributed by atoms with Gasteiger partial charge in [-0.25, -0.2) is 0 Å². The molecule has 0 saturated carbocycles.